The van der Waals surface area contributed by atoms with Gasteiger partial charge in [0.15, 0.2) is 0 Å². The summed E-state index contributed by atoms with van der Waals surface area (Å²) >= 11 is 0. The molecule has 1 aromatic rings. The van der Waals surface area contributed by atoms with Crippen molar-refractivity contribution in [3.63, 3.8) is 0 Å². The molecule has 1 aromatic heterocycles. The second-order valence-electron chi connectivity index (χ2n) is 5.88. The van der Waals surface area contributed by atoms with Gasteiger partial charge in [0.1, 0.15) is 5.82 Å². The van der Waals surface area contributed by atoms with Gasteiger partial charge in [0.05, 0.1) is 5.56 Å². The highest BCUT2D eigenvalue weighted by Crippen LogP contribution is 2.24. The van der Waals surface area contributed by atoms with E-state index in [2.05, 4.69) is 10.3 Å². The Kier molecular flexibility index (Phi) is 4.19. The third-order valence-electron chi connectivity index (χ3n) is 4.38. The molecular formula is C16H23N3O. The van der Waals surface area contributed by atoms with Crippen LogP contribution in [0.25, 0.3) is 0 Å². The van der Waals surface area contributed by atoms with Gasteiger partial charge in [0.2, 0.25) is 0 Å². The van der Waals surface area contributed by atoms with E-state index in [0.717, 1.165) is 37.3 Å². The molecule has 1 aliphatic heterocycles. The highest BCUT2D eigenvalue weighted by molar-refractivity contribution is 5.98. The molecule has 0 atom stereocenters. The molecule has 1 saturated heterocycles. The number of rotatable bonds is 3. The molecule has 0 unspecified atom stereocenters. The van der Waals surface area contributed by atoms with Crippen molar-refractivity contribution >= 4 is 11.7 Å². The molecule has 1 amide bonds. The van der Waals surface area contributed by atoms with Gasteiger partial charge in [0.25, 0.3) is 5.91 Å². The lowest BCUT2D eigenvalue weighted by Gasteiger charge is -2.25. The summed E-state index contributed by atoms with van der Waals surface area (Å²) in [5.41, 5.74) is 0.736. The van der Waals surface area contributed by atoms with Gasteiger partial charge in [-0.1, -0.05) is 19.3 Å². The van der Waals surface area contributed by atoms with Crippen LogP contribution in [0.15, 0.2) is 18.3 Å². The predicted octanol–water partition coefficient (Wildman–Crippen LogP) is 3.06. The van der Waals surface area contributed by atoms with Crippen LogP contribution in [0.5, 0.6) is 0 Å². The number of hydrogen-bond donors (Lipinski definition) is 1. The summed E-state index contributed by atoms with van der Waals surface area (Å²) in [4.78, 5) is 18.9. The van der Waals surface area contributed by atoms with Gasteiger partial charge in [0, 0.05) is 25.3 Å². The standard InChI is InChI=1S/C16H23N3O/c20-16(19-11-4-5-12-19)14-9-6-10-17-15(14)18-13-7-2-1-3-8-13/h6,9-10,13H,1-5,7-8,11-12H2,(H,17,18). The van der Waals surface area contributed by atoms with Crippen LogP contribution in [0.3, 0.4) is 0 Å². The van der Waals surface area contributed by atoms with Crippen molar-refractivity contribution < 1.29 is 4.79 Å². The third-order valence-corrected chi connectivity index (χ3v) is 4.38. The number of carbonyl (C=O) groups is 1. The summed E-state index contributed by atoms with van der Waals surface area (Å²) in [7, 11) is 0. The number of anilines is 1. The second-order valence-corrected chi connectivity index (χ2v) is 5.88. The first kappa shape index (κ1) is 13.4. The number of amides is 1. The molecule has 2 aliphatic rings. The number of hydrogen-bond acceptors (Lipinski definition) is 3. The van der Waals surface area contributed by atoms with E-state index in [4.69, 9.17) is 0 Å². The minimum absolute atomic E-state index is 0.133. The fourth-order valence-electron chi connectivity index (χ4n) is 3.22. The Labute approximate surface area is 120 Å². The van der Waals surface area contributed by atoms with Crippen molar-refractivity contribution in [2.24, 2.45) is 0 Å². The molecule has 2 heterocycles. The Hall–Kier alpha value is -1.58. The molecule has 108 valence electrons. The van der Waals surface area contributed by atoms with E-state index in [1.54, 1.807) is 6.20 Å². The minimum atomic E-state index is 0.133. The van der Waals surface area contributed by atoms with E-state index in [1.807, 2.05) is 17.0 Å². The Morgan fingerprint density at radius 3 is 2.65 bits per heavy atom. The fraction of sp³-hybridized carbons (Fsp3) is 0.625. The molecule has 1 N–H and O–H groups in total. The van der Waals surface area contributed by atoms with E-state index in [1.165, 1.54) is 32.1 Å². The van der Waals surface area contributed by atoms with Crippen molar-refractivity contribution in [2.75, 3.05) is 18.4 Å². The van der Waals surface area contributed by atoms with E-state index in [0.29, 0.717) is 6.04 Å². The van der Waals surface area contributed by atoms with Gasteiger partial charge in [-0.3, -0.25) is 4.79 Å². The fourth-order valence-corrected chi connectivity index (χ4v) is 3.22. The van der Waals surface area contributed by atoms with Gasteiger partial charge in [-0.15, -0.1) is 0 Å². The van der Waals surface area contributed by atoms with E-state index < -0.39 is 0 Å². The molecule has 2 fully saturated rings. The van der Waals surface area contributed by atoms with Crippen molar-refractivity contribution in [1.29, 1.82) is 0 Å². The van der Waals surface area contributed by atoms with Crippen LogP contribution in [0.2, 0.25) is 0 Å². The van der Waals surface area contributed by atoms with Crippen molar-refractivity contribution in [3.05, 3.63) is 23.9 Å². The van der Waals surface area contributed by atoms with Crippen LogP contribution in [0.4, 0.5) is 5.82 Å². The number of nitrogens with one attached hydrogen (secondary N) is 1. The smallest absolute Gasteiger partial charge is 0.257 e. The van der Waals surface area contributed by atoms with Crippen LogP contribution in [0.1, 0.15) is 55.3 Å². The highest BCUT2D eigenvalue weighted by Gasteiger charge is 2.23. The SMILES string of the molecule is O=C(c1cccnc1NC1CCCCC1)N1CCCC1. The minimum Gasteiger partial charge on any atom is -0.367 e. The third kappa shape index (κ3) is 2.94. The quantitative estimate of drug-likeness (QED) is 0.920. The molecule has 0 aromatic carbocycles. The lowest BCUT2D eigenvalue weighted by atomic mass is 9.95. The summed E-state index contributed by atoms with van der Waals surface area (Å²) in [6, 6.07) is 4.23. The van der Waals surface area contributed by atoms with Crippen LogP contribution in [-0.4, -0.2) is 34.9 Å². The molecule has 1 saturated carbocycles. The second kappa shape index (κ2) is 6.25. The Bertz CT molecular complexity index is 463. The summed E-state index contributed by atoms with van der Waals surface area (Å²) in [6.45, 7) is 1.77. The molecule has 0 bridgehead atoms. The molecule has 20 heavy (non-hydrogen) atoms. The molecular weight excluding hydrogens is 250 g/mol. The number of likely N-dealkylation sites (tertiary alicyclic amines) is 1. The Morgan fingerprint density at radius 2 is 1.90 bits per heavy atom. The van der Waals surface area contributed by atoms with Crippen LogP contribution in [0, 0.1) is 0 Å². The van der Waals surface area contributed by atoms with E-state index in [9.17, 15) is 4.79 Å². The lowest BCUT2D eigenvalue weighted by Crippen LogP contribution is -2.30. The van der Waals surface area contributed by atoms with E-state index >= 15 is 0 Å². The Morgan fingerprint density at radius 1 is 1.15 bits per heavy atom. The van der Waals surface area contributed by atoms with Gasteiger partial charge in [-0.25, -0.2) is 4.98 Å². The largest absolute Gasteiger partial charge is 0.367 e. The molecule has 4 nitrogen and oxygen atoms in total. The highest BCUT2D eigenvalue weighted by atomic mass is 16.2. The summed E-state index contributed by atoms with van der Waals surface area (Å²) in [5.74, 6) is 0.908. The zero-order valence-electron chi connectivity index (χ0n) is 12.0. The maximum absolute atomic E-state index is 12.6. The monoisotopic (exact) mass is 273 g/mol. The molecule has 0 radical (unpaired) electrons. The van der Waals surface area contributed by atoms with Gasteiger partial charge in [-0.05, 0) is 37.8 Å². The normalized spacial score (nSPS) is 20.1. The van der Waals surface area contributed by atoms with Gasteiger partial charge >= 0.3 is 0 Å². The van der Waals surface area contributed by atoms with Crippen molar-refractivity contribution in [3.8, 4) is 0 Å². The summed E-state index contributed by atoms with van der Waals surface area (Å²) in [6.07, 6.45) is 10.3. The predicted molar refractivity (Wildman–Crippen MR) is 79.9 cm³/mol. The Balaban J connectivity index is 1.74. The maximum Gasteiger partial charge on any atom is 0.257 e. The van der Waals surface area contributed by atoms with Crippen molar-refractivity contribution in [2.45, 2.75) is 51.0 Å². The summed E-state index contributed by atoms with van der Waals surface area (Å²) < 4.78 is 0. The number of nitrogens with zero attached hydrogens (tertiary/aromatic N) is 2. The van der Waals surface area contributed by atoms with Crippen LogP contribution < -0.4 is 5.32 Å². The number of aromatic nitrogens is 1. The number of carbonyl (C=O) groups excluding carboxylic acids is 1. The molecule has 0 spiro atoms. The van der Waals surface area contributed by atoms with Gasteiger partial charge < -0.3 is 10.2 Å². The van der Waals surface area contributed by atoms with Crippen molar-refractivity contribution in [1.82, 2.24) is 9.88 Å². The van der Waals surface area contributed by atoms with Crippen LogP contribution in [-0.2, 0) is 0 Å². The molecule has 3 rings (SSSR count). The first-order chi connectivity index (χ1) is 9.84. The summed E-state index contributed by atoms with van der Waals surface area (Å²) in [5, 5.41) is 3.50. The maximum atomic E-state index is 12.6. The molecule has 1 aliphatic carbocycles. The topological polar surface area (TPSA) is 45.2 Å². The lowest BCUT2D eigenvalue weighted by molar-refractivity contribution is 0.0793. The zero-order valence-corrected chi connectivity index (χ0v) is 12.0. The zero-order chi connectivity index (χ0) is 13.8. The van der Waals surface area contributed by atoms with Crippen LogP contribution >= 0.6 is 0 Å². The number of pyridine rings is 1. The van der Waals surface area contributed by atoms with Gasteiger partial charge in [-0.2, -0.15) is 0 Å². The average molecular weight is 273 g/mol. The first-order valence-electron chi connectivity index (χ1n) is 7.85. The first-order valence-corrected chi connectivity index (χ1v) is 7.85. The van der Waals surface area contributed by atoms with E-state index in [-0.39, 0.29) is 5.91 Å². The average Bonchev–Trinajstić information content (AvgIpc) is 3.02. The molecule has 4 heteroatoms.